The quantitative estimate of drug-likeness (QED) is 0.685. The van der Waals surface area contributed by atoms with E-state index in [-0.39, 0.29) is 12.5 Å². The number of hydrogen-bond donors (Lipinski definition) is 1. The van der Waals surface area contributed by atoms with Crippen molar-refractivity contribution in [3.05, 3.63) is 53.6 Å². The number of nitrogens with one attached hydrogen (secondary N) is 1. The van der Waals surface area contributed by atoms with Crippen LogP contribution < -0.4 is 19.7 Å². The van der Waals surface area contributed by atoms with E-state index in [0.29, 0.717) is 22.2 Å². The molecular weight excluding hydrogens is 424 g/mol. The second-order valence-electron chi connectivity index (χ2n) is 7.34. The summed E-state index contributed by atoms with van der Waals surface area (Å²) >= 11 is 5.86. The average Bonchev–Trinajstić information content (AvgIpc) is 2.77. The number of likely N-dealkylation sites (N-methyl/N-ethyl adjacent to an activating group) is 1. The first-order chi connectivity index (χ1) is 14.7. The predicted molar refractivity (Wildman–Crippen MR) is 114 cm³/mol. The highest BCUT2D eigenvalue weighted by atomic mass is 35.5. The third kappa shape index (κ3) is 5.27. The number of para-hydroxylation sites is 2. The lowest BCUT2D eigenvalue weighted by Gasteiger charge is -2.34. The SMILES string of the molecule is CNC(=O)C1CN(C(=O)COC(=O)C(C)(C)Oc2ccc(Cl)cc2)c2ccccc2O1. The van der Waals surface area contributed by atoms with Crippen LogP contribution in [0.1, 0.15) is 13.8 Å². The monoisotopic (exact) mass is 446 g/mol. The van der Waals surface area contributed by atoms with Gasteiger partial charge < -0.3 is 24.4 Å². The van der Waals surface area contributed by atoms with Crippen molar-refractivity contribution < 1.29 is 28.6 Å². The number of benzene rings is 2. The highest BCUT2D eigenvalue weighted by Crippen LogP contribution is 2.33. The van der Waals surface area contributed by atoms with E-state index in [2.05, 4.69) is 5.32 Å². The van der Waals surface area contributed by atoms with Crippen molar-refractivity contribution >= 4 is 35.1 Å². The van der Waals surface area contributed by atoms with Crippen LogP contribution in [0.25, 0.3) is 0 Å². The van der Waals surface area contributed by atoms with E-state index >= 15 is 0 Å². The first-order valence-corrected chi connectivity index (χ1v) is 9.98. The number of esters is 1. The molecule has 1 N–H and O–H groups in total. The number of carbonyl (C=O) groups is 3. The minimum absolute atomic E-state index is 0.00224. The van der Waals surface area contributed by atoms with Crippen LogP contribution in [0.5, 0.6) is 11.5 Å². The summed E-state index contributed by atoms with van der Waals surface area (Å²) in [5.74, 6) is -0.719. The number of hydrogen-bond acceptors (Lipinski definition) is 6. The number of ether oxygens (including phenoxy) is 3. The third-order valence-electron chi connectivity index (χ3n) is 4.62. The molecule has 1 aliphatic rings. The molecule has 1 heterocycles. The van der Waals surface area contributed by atoms with Crippen molar-refractivity contribution in [1.82, 2.24) is 5.32 Å². The Morgan fingerprint density at radius 2 is 1.84 bits per heavy atom. The first kappa shape index (κ1) is 22.4. The van der Waals surface area contributed by atoms with Gasteiger partial charge in [-0.3, -0.25) is 9.59 Å². The normalized spacial score (nSPS) is 15.4. The Bertz CT molecular complexity index is 976. The first-order valence-electron chi connectivity index (χ1n) is 9.60. The molecule has 0 bridgehead atoms. The molecule has 9 heteroatoms. The molecule has 1 atom stereocenters. The number of halogens is 1. The second kappa shape index (κ2) is 9.26. The maximum Gasteiger partial charge on any atom is 0.350 e. The van der Waals surface area contributed by atoms with Crippen molar-refractivity contribution in [3.63, 3.8) is 0 Å². The smallest absolute Gasteiger partial charge is 0.350 e. The van der Waals surface area contributed by atoms with Gasteiger partial charge in [-0.1, -0.05) is 23.7 Å². The summed E-state index contributed by atoms with van der Waals surface area (Å²) in [5, 5.41) is 3.05. The number of rotatable bonds is 6. The minimum Gasteiger partial charge on any atom is -0.477 e. The molecule has 2 amide bonds. The average molecular weight is 447 g/mol. The van der Waals surface area contributed by atoms with Gasteiger partial charge in [0.2, 0.25) is 0 Å². The van der Waals surface area contributed by atoms with Crippen LogP contribution in [-0.2, 0) is 19.1 Å². The van der Waals surface area contributed by atoms with Crippen molar-refractivity contribution in [1.29, 1.82) is 0 Å². The number of carbonyl (C=O) groups excluding carboxylic acids is 3. The Morgan fingerprint density at radius 3 is 2.52 bits per heavy atom. The van der Waals surface area contributed by atoms with Crippen LogP contribution in [0.3, 0.4) is 0 Å². The van der Waals surface area contributed by atoms with E-state index in [4.69, 9.17) is 25.8 Å². The molecule has 0 spiro atoms. The third-order valence-corrected chi connectivity index (χ3v) is 4.87. The fourth-order valence-corrected chi connectivity index (χ4v) is 3.11. The van der Waals surface area contributed by atoms with Crippen LogP contribution in [0, 0.1) is 0 Å². The molecule has 1 aliphatic heterocycles. The summed E-state index contributed by atoms with van der Waals surface area (Å²) in [4.78, 5) is 38.8. The molecule has 0 aliphatic carbocycles. The summed E-state index contributed by atoms with van der Waals surface area (Å²) < 4.78 is 16.6. The Balaban J connectivity index is 1.66. The molecule has 0 saturated heterocycles. The maximum atomic E-state index is 12.9. The molecule has 0 radical (unpaired) electrons. The molecule has 1 unspecified atom stereocenters. The molecule has 0 aromatic heterocycles. The molecule has 0 fully saturated rings. The molecule has 2 aromatic rings. The van der Waals surface area contributed by atoms with Crippen molar-refractivity contribution in [2.75, 3.05) is 25.1 Å². The van der Waals surface area contributed by atoms with Crippen molar-refractivity contribution in [2.45, 2.75) is 25.6 Å². The Kier molecular flexibility index (Phi) is 6.70. The fourth-order valence-electron chi connectivity index (χ4n) is 2.99. The molecular formula is C22H23ClN2O6. The van der Waals surface area contributed by atoms with Crippen molar-refractivity contribution in [3.8, 4) is 11.5 Å². The van der Waals surface area contributed by atoms with Crippen LogP contribution in [0.4, 0.5) is 5.69 Å². The van der Waals surface area contributed by atoms with Gasteiger partial charge in [-0.25, -0.2) is 4.79 Å². The highest BCUT2D eigenvalue weighted by molar-refractivity contribution is 6.30. The number of anilines is 1. The zero-order valence-electron chi connectivity index (χ0n) is 17.4. The summed E-state index contributed by atoms with van der Waals surface area (Å²) in [5.41, 5.74) is -0.831. The molecule has 31 heavy (non-hydrogen) atoms. The van der Waals surface area contributed by atoms with Gasteiger partial charge in [0.25, 0.3) is 11.8 Å². The summed E-state index contributed by atoms with van der Waals surface area (Å²) in [7, 11) is 1.49. The van der Waals surface area contributed by atoms with E-state index in [1.165, 1.54) is 11.9 Å². The second-order valence-corrected chi connectivity index (χ2v) is 7.77. The lowest BCUT2D eigenvalue weighted by molar-refractivity contribution is -0.161. The zero-order chi connectivity index (χ0) is 22.6. The molecule has 2 aromatic carbocycles. The van der Waals surface area contributed by atoms with E-state index < -0.39 is 30.2 Å². The van der Waals surface area contributed by atoms with Crippen LogP contribution in [0.2, 0.25) is 5.02 Å². The van der Waals surface area contributed by atoms with Gasteiger partial charge in [0.05, 0.1) is 12.2 Å². The lowest BCUT2D eigenvalue weighted by atomic mass is 10.1. The van der Waals surface area contributed by atoms with Gasteiger partial charge in [-0.2, -0.15) is 0 Å². The molecule has 8 nitrogen and oxygen atoms in total. The molecule has 3 rings (SSSR count). The van der Waals surface area contributed by atoms with Crippen LogP contribution in [-0.4, -0.2) is 49.7 Å². The maximum absolute atomic E-state index is 12.9. The molecule has 164 valence electrons. The van der Waals surface area contributed by atoms with Crippen LogP contribution >= 0.6 is 11.6 Å². The summed E-state index contributed by atoms with van der Waals surface area (Å²) in [6.07, 6.45) is -0.871. The Hall–Kier alpha value is -3.26. The predicted octanol–water partition coefficient (Wildman–Crippen LogP) is 2.58. The van der Waals surface area contributed by atoms with Crippen LogP contribution in [0.15, 0.2) is 48.5 Å². The zero-order valence-corrected chi connectivity index (χ0v) is 18.1. The number of amides is 2. The van der Waals surface area contributed by atoms with Gasteiger partial charge >= 0.3 is 5.97 Å². The largest absolute Gasteiger partial charge is 0.477 e. The number of nitrogens with zero attached hydrogens (tertiary/aromatic N) is 1. The van der Waals surface area contributed by atoms with Gasteiger partial charge in [-0.05, 0) is 50.2 Å². The topological polar surface area (TPSA) is 94.2 Å². The summed E-state index contributed by atoms with van der Waals surface area (Å²) in [6, 6.07) is 13.4. The number of fused-ring (bicyclic) bond motifs is 1. The van der Waals surface area contributed by atoms with Gasteiger partial charge in [0, 0.05) is 12.1 Å². The van der Waals surface area contributed by atoms with E-state index in [1.807, 2.05) is 0 Å². The Labute approximate surface area is 185 Å². The minimum atomic E-state index is -1.33. The van der Waals surface area contributed by atoms with Gasteiger partial charge in [-0.15, -0.1) is 0 Å². The van der Waals surface area contributed by atoms with E-state index in [9.17, 15) is 14.4 Å². The van der Waals surface area contributed by atoms with E-state index in [1.54, 1.807) is 62.4 Å². The van der Waals surface area contributed by atoms with Crippen molar-refractivity contribution in [2.24, 2.45) is 0 Å². The highest BCUT2D eigenvalue weighted by Gasteiger charge is 2.36. The van der Waals surface area contributed by atoms with Gasteiger partial charge in [0.1, 0.15) is 11.5 Å². The lowest BCUT2D eigenvalue weighted by Crippen LogP contribution is -2.51. The summed E-state index contributed by atoms with van der Waals surface area (Å²) in [6.45, 7) is 2.57. The van der Waals surface area contributed by atoms with E-state index in [0.717, 1.165) is 0 Å². The Morgan fingerprint density at radius 1 is 1.16 bits per heavy atom. The molecule has 0 saturated carbocycles. The van der Waals surface area contributed by atoms with Gasteiger partial charge in [0.15, 0.2) is 18.3 Å². The standard InChI is InChI=1S/C22H23ClN2O6/c1-22(2,31-15-10-8-14(23)9-11-15)21(28)29-13-19(26)25-12-18(20(27)24-3)30-17-7-5-4-6-16(17)25/h4-11,18H,12-13H2,1-3H3,(H,24,27). The fraction of sp³-hybridized carbons (Fsp3) is 0.318.